The average molecular weight is 406 g/mol. The van der Waals surface area contributed by atoms with Crippen LogP contribution in [0.15, 0.2) is 22.7 Å². The predicted molar refractivity (Wildman–Crippen MR) is 100 cm³/mol. The molecule has 3 rings (SSSR count). The number of aromatic nitrogens is 2. The van der Waals surface area contributed by atoms with Crippen molar-refractivity contribution in [3.05, 3.63) is 44.6 Å². The van der Waals surface area contributed by atoms with Crippen molar-refractivity contribution in [2.24, 2.45) is 0 Å². The largest absolute Gasteiger partial charge is 0.495 e. The summed E-state index contributed by atoms with van der Waals surface area (Å²) in [4.78, 5) is 23.1. The number of rotatable bonds is 3. The first-order chi connectivity index (χ1) is 11.4. The van der Waals surface area contributed by atoms with Gasteiger partial charge in [-0.3, -0.25) is 4.79 Å². The number of halogens is 1. The molecule has 0 atom stereocenters. The third kappa shape index (κ3) is 3.01. The summed E-state index contributed by atoms with van der Waals surface area (Å²) in [6.45, 7) is 5.72. The SMILES string of the molecule is COc1ccc(Br)cc1NC(=O)c1sc2nc(C)nc(C)c2c1C. The minimum Gasteiger partial charge on any atom is -0.495 e. The van der Waals surface area contributed by atoms with Gasteiger partial charge in [0.05, 0.1) is 17.7 Å². The number of nitrogens with zero attached hydrogens (tertiary/aromatic N) is 2. The maximum atomic E-state index is 12.8. The van der Waals surface area contributed by atoms with Gasteiger partial charge >= 0.3 is 0 Å². The molecule has 3 aromatic rings. The van der Waals surface area contributed by atoms with Crippen molar-refractivity contribution >= 4 is 49.1 Å². The van der Waals surface area contributed by atoms with Gasteiger partial charge in [0.15, 0.2) is 0 Å². The summed E-state index contributed by atoms with van der Waals surface area (Å²) in [6, 6.07) is 5.48. The number of benzene rings is 1. The number of carbonyl (C=O) groups excluding carboxylic acids is 1. The van der Waals surface area contributed by atoms with Crippen molar-refractivity contribution < 1.29 is 9.53 Å². The summed E-state index contributed by atoms with van der Waals surface area (Å²) in [5, 5.41) is 3.88. The molecule has 124 valence electrons. The third-order valence-electron chi connectivity index (χ3n) is 3.70. The van der Waals surface area contributed by atoms with E-state index < -0.39 is 0 Å². The number of carbonyl (C=O) groups is 1. The Morgan fingerprint density at radius 3 is 2.71 bits per heavy atom. The highest BCUT2D eigenvalue weighted by Crippen LogP contribution is 2.33. The van der Waals surface area contributed by atoms with Gasteiger partial charge in [-0.1, -0.05) is 15.9 Å². The van der Waals surface area contributed by atoms with Gasteiger partial charge in [-0.2, -0.15) is 0 Å². The molecule has 1 aromatic carbocycles. The Morgan fingerprint density at radius 1 is 1.25 bits per heavy atom. The van der Waals surface area contributed by atoms with Gasteiger partial charge in [0.2, 0.25) is 0 Å². The summed E-state index contributed by atoms with van der Waals surface area (Å²) in [5.74, 6) is 1.14. The quantitative estimate of drug-likeness (QED) is 0.688. The normalized spacial score (nSPS) is 10.9. The van der Waals surface area contributed by atoms with E-state index in [1.54, 1.807) is 13.2 Å². The predicted octanol–water partition coefficient (Wildman–Crippen LogP) is 4.64. The number of hydrogen-bond donors (Lipinski definition) is 1. The molecule has 0 radical (unpaired) electrons. The fraction of sp³-hybridized carbons (Fsp3) is 0.235. The fourth-order valence-corrected chi connectivity index (χ4v) is 4.18. The van der Waals surface area contributed by atoms with Crippen molar-refractivity contribution in [1.82, 2.24) is 9.97 Å². The van der Waals surface area contributed by atoms with E-state index in [4.69, 9.17) is 4.74 Å². The van der Waals surface area contributed by atoms with Crippen molar-refractivity contribution in [2.45, 2.75) is 20.8 Å². The van der Waals surface area contributed by atoms with Gasteiger partial charge in [0.1, 0.15) is 16.4 Å². The molecule has 0 aliphatic carbocycles. The second-order valence-electron chi connectivity index (χ2n) is 5.39. The molecule has 0 fully saturated rings. The lowest BCUT2D eigenvalue weighted by Gasteiger charge is -2.10. The van der Waals surface area contributed by atoms with E-state index in [0.717, 1.165) is 25.9 Å². The fourth-order valence-electron chi connectivity index (χ4n) is 2.65. The van der Waals surface area contributed by atoms with E-state index in [1.165, 1.54) is 11.3 Å². The van der Waals surface area contributed by atoms with Crippen molar-refractivity contribution in [2.75, 3.05) is 12.4 Å². The molecule has 2 aromatic heterocycles. The number of fused-ring (bicyclic) bond motifs is 1. The molecule has 0 spiro atoms. The lowest BCUT2D eigenvalue weighted by molar-refractivity contribution is 0.102. The van der Waals surface area contributed by atoms with Crippen LogP contribution in [0.1, 0.15) is 26.8 Å². The molecule has 7 heteroatoms. The maximum absolute atomic E-state index is 12.8. The van der Waals surface area contributed by atoms with Crippen LogP contribution in [0, 0.1) is 20.8 Å². The zero-order valence-electron chi connectivity index (χ0n) is 13.7. The molecule has 5 nitrogen and oxygen atoms in total. The first-order valence-electron chi connectivity index (χ1n) is 7.30. The third-order valence-corrected chi connectivity index (χ3v) is 5.38. The highest BCUT2D eigenvalue weighted by molar-refractivity contribution is 9.10. The van der Waals surface area contributed by atoms with E-state index in [-0.39, 0.29) is 5.91 Å². The molecule has 0 saturated heterocycles. The Labute approximate surface area is 152 Å². The van der Waals surface area contributed by atoms with Crippen molar-refractivity contribution in [1.29, 1.82) is 0 Å². The summed E-state index contributed by atoms with van der Waals surface area (Å²) < 4.78 is 6.17. The Kier molecular flexibility index (Phi) is 4.56. The monoisotopic (exact) mass is 405 g/mol. The molecular formula is C17H16BrN3O2S. The lowest BCUT2D eigenvalue weighted by atomic mass is 10.1. The average Bonchev–Trinajstić information content (AvgIpc) is 2.84. The van der Waals surface area contributed by atoms with Crippen LogP contribution in [-0.2, 0) is 0 Å². The minimum atomic E-state index is -0.177. The molecule has 0 saturated carbocycles. The van der Waals surface area contributed by atoms with Gasteiger partial charge in [-0.15, -0.1) is 11.3 Å². The summed E-state index contributed by atoms with van der Waals surface area (Å²) in [7, 11) is 1.57. The highest BCUT2D eigenvalue weighted by atomic mass is 79.9. The van der Waals surface area contributed by atoms with Gasteiger partial charge in [-0.25, -0.2) is 9.97 Å². The number of amides is 1. The van der Waals surface area contributed by atoms with Crippen LogP contribution in [0.4, 0.5) is 5.69 Å². The van der Waals surface area contributed by atoms with Gasteiger partial charge in [0.25, 0.3) is 5.91 Å². The molecule has 1 N–H and O–H groups in total. The Balaban J connectivity index is 2.02. The lowest BCUT2D eigenvalue weighted by Crippen LogP contribution is -2.12. The van der Waals surface area contributed by atoms with Crippen LogP contribution in [-0.4, -0.2) is 23.0 Å². The summed E-state index contributed by atoms with van der Waals surface area (Å²) >= 11 is 4.79. The van der Waals surface area contributed by atoms with Crippen LogP contribution in [0.5, 0.6) is 5.75 Å². The zero-order valence-corrected chi connectivity index (χ0v) is 16.1. The molecule has 0 unspecified atom stereocenters. The molecule has 2 heterocycles. The summed E-state index contributed by atoms with van der Waals surface area (Å²) in [5.41, 5.74) is 2.41. The van der Waals surface area contributed by atoms with Crippen LogP contribution >= 0.6 is 27.3 Å². The Hall–Kier alpha value is -1.99. The molecular weight excluding hydrogens is 390 g/mol. The first kappa shape index (κ1) is 16.9. The van der Waals surface area contributed by atoms with E-state index in [1.807, 2.05) is 32.9 Å². The number of anilines is 1. The maximum Gasteiger partial charge on any atom is 0.266 e. The standard InChI is InChI=1S/C17H16BrN3O2S/c1-8-14-9(2)19-10(3)20-17(14)24-15(8)16(22)21-12-7-11(18)5-6-13(12)23-4/h5-7H,1-4H3,(H,21,22). The van der Waals surface area contributed by atoms with Gasteiger partial charge in [0, 0.05) is 15.6 Å². The van der Waals surface area contributed by atoms with E-state index >= 15 is 0 Å². The van der Waals surface area contributed by atoms with Gasteiger partial charge < -0.3 is 10.1 Å². The van der Waals surface area contributed by atoms with Crippen LogP contribution in [0.25, 0.3) is 10.2 Å². The number of methoxy groups -OCH3 is 1. The Morgan fingerprint density at radius 2 is 2.00 bits per heavy atom. The molecule has 24 heavy (non-hydrogen) atoms. The van der Waals surface area contributed by atoms with E-state index in [2.05, 4.69) is 31.2 Å². The molecule has 0 aliphatic rings. The van der Waals surface area contributed by atoms with Gasteiger partial charge in [-0.05, 0) is 44.5 Å². The number of hydrogen-bond acceptors (Lipinski definition) is 5. The molecule has 0 bridgehead atoms. The van der Waals surface area contributed by atoms with E-state index in [0.29, 0.717) is 22.1 Å². The second kappa shape index (κ2) is 6.49. The number of thiophene rings is 1. The number of aryl methyl sites for hydroxylation is 3. The zero-order chi connectivity index (χ0) is 17.4. The van der Waals surface area contributed by atoms with Crippen LogP contribution in [0.2, 0.25) is 0 Å². The molecule has 1 amide bonds. The highest BCUT2D eigenvalue weighted by Gasteiger charge is 2.19. The van der Waals surface area contributed by atoms with E-state index in [9.17, 15) is 4.79 Å². The smallest absolute Gasteiger partial charge is 0.266 e. The topological polar surface area (TPSA) is 64.1 Å². The summed E-state index contributed by atoms with van der Waals surface area (Å²) in [6.07, 6.45) is 0. The Bertz CT molecular complexity index is 953. The molecule has 0 aliphatic heterocycles. The van der Waals surface area contributed by atoms with Crippen molar-refractivity contribution in [3.8, 4) is 5.75 Å². The number of ether oxygens (including phenoxy) is 1. The van der Waals surface area contributed by atoms with Crippen LogP contribution < -0.4 is 10.1 Å². The first-order valence-corrected chi connectivity index (χ1v) is 8.91. The van der Waals surface area contributed by atoms with Crippen LogP contribution in [0.3, 0.4) is 0 Å². The second-order valence-corrected chi connectivity index (χ2v) is 7.31. The minimum absolute atomic E-state index is 0.177. The van der Waals surface area contributed by atoms with Crippen molar-refractivity contribution in [3.63, 3.8) is 0 Å². The number of nitrogens with one attached hydrogen (secondary N) is 1.